The van der Waals surface area contributed by atoms with Crippen molar-refractivity contribution in [3.05, 3.63) is 53.6 Å². The number of nitrogens with one attached hydrogen (secondary N) is 2. The number of aromatic amines is 1. The van der Waals surface area contributed by atoms with Gasteiger partial charge < -0.3 is 15.0 Å². The first-order valence-corrected chi connectivity index (χ1v) is 8.97. The predicted octanol–water partition coefficient (Wildman–Crippen LogP) is 3.68. The minimum absolute atomic E-state index is 0.0162. The molecule has 2 aromatic carbocycles. The Bertz CT molecular complexity index is 874. The number of hydrogen-bond donors (Lipinski definition) is 2. The predicted molar refractivity (Wildman–Crippen MR) is 101 cm³/mol. The molecule has 2 N–H and O–H groups in total. The van der Waals surface area contributed by atoms with E-state index in [-0.39, 0.29) is 11.2 Å². The van der Waals surface area contributed by atoms with Crippen LogP contribution in [0, 0.1) is 6.92 Å². The third kappa shape index (κ3) is 4.33. The summed E-state index contributed by atoms with van der Waals surface area (Å²) in [6.07, 6.45) is 0. The molecule has 1 aromatic heterocycles. The molecule has 3 aromatic rings. The summed E-state index contributed by atoms with van der Waals surface area (Å²) in [4.78, 5) is 20.1. The van der Waals surface area contributed by atoms with Gasteiger partial charge in [0.2, 0.25) is 5.91 Å². The molecule has 0 fully saturated rings. The maximum absolute atomic E-state index is 12.3. The monoisotopic (exact) mass is 355 g/mol. The van der Waals surface area contributed by atoms with Crippen LogP contribution in [0.15, 0.2) is 47.6 Å². The molecule has 130 valence electrons. The molecular formula is C19H21N3O2S. The van der Waals surface area contributed by atoms with Crippen molar-refractivity contribution in [1.82, 2.24) is 15.3 Å². The molecule has 1 amide bonds. The Hall–Kier alpha value is -2.47. The number of hydrogen-bond acceptors (Lipinski definition) is 4. The summed E-state index contributed by atoms with van der Waals surface area (Å²) in [6, 6.07) is 13.7. The van der Waals surface area contributed by atoms with Crippen molar-refractivity contribution in [3.8, 4) is 5.75 Å². The standard InChI is InChI=1S/C19H21N3O2S/c1-12-4-9-16-17(10-12)22-19(21-16)25-13(2)18(23)20-11-14-5-7-15(24-3)8-6-14/h4-10,13H,11H2,1-3H3,(H,20,23)(H,21,22). The zero-order chi connectivity index (χ0) is 17.8. The van der Waals surface area contributed by atoms with Crippen LogP contribution in [0.4, 0.5) is 0 Å². The zero-order valence-corrected chi connectivity index (χ0v) is 15.3. The number of carbonyl (C=O) groups excluding carboxylic acids is 1. The average molecular weight is 355 g/mol. The molecular weight excluding hydrogens is 334 g/mol. The maximum atomic E-state index is 12.3. The number of ether oxygens (including phenoxy) is 1. The van der Waals surface area contributed by atoms with E-state index < -0.39 is 0 Å². The van der Waals surface area contributed by atoms with Gasteiger partial charge in [-0.1, -0.05) is 30.0 Å². The van der Waals surface area contributed by atoms with Gasteiger partial charge in [0.25, 0.3) is 0 Å². The van der Waals surface area contributed by atoms with Crippen molar-refractivity contribution in [3.63, 3.8) is 0 Å². The van der Waals surface area contributed by atoms with Crippen LogP contribution < -0.4 is 10.1 Å². The third-order valence-electron chi connectivity index (χ3n) is 3.90. The van der Waals surface area contributed by atoms with Gasteiger partial charge in [-0.25, -0.2) is 4.98 Å². The van der Waals surface area contributed by atoms with Gasteiger partial charge in [-0.15, -0.1) is 0 Å². The molecule has 0 aliphatic carbocycles. The number of rotatable bonds is 6. The molecule has 0 saturated carbocycles. The molecule has 25 heavy (non-hydrogen) atoms. The minimum Gasteiger partial charge on any atom is -0.497 e. The lowest BCUT2D eigenvalue weighted by atomic mass is 10.2. The summed E-state index contributed by atoms with van der Waals surface area (Å²) < 4.78 is 5.13. The van der Waals surface area contributed by atoms with E-state index >= 15 is 0 Å². The number of fused-ring (bicyclic) bond motifs is 1. The molecule has 0 aliphatic heterocycles. The Labute approximate surface area is 151 Å². The van der Waals surface area contributed by atoms with Gasteiger partial charge in [0.1, 0.15) is 5.75 Å². The molecule has 1 atom stereocenters. The number of benzene rings is 2. The van der Waals surface area contributed by atoms with Crippen LogP contribution in [-0.4, -0.2) is 28.2 Å². The van der Waals surface area contributed by atoms with Crippen molar-refractivity contribution in [2.24, 2.45) is 0 Å². The van der Waals surface area contributed by atoms with Crippen molar-refractivity contribution >= 4 is 28.7 Å². The van der Waals surface area contributed by atoms with Gasteiger partial charge in [-0.3, -0.25) is 4.79 Å². The Kier molecular flexibility index (Phi) is 5.28. The Balaban J connectivity index is 1.57. The number of carbonyl (C=O) groups is 1. The van der Waals surface area contributed by atoms with E-state index in [1.165, 1.54) is 17.3 Å². The largest absolute Gasteiger partial charge is 0.497 e. The summed E-state index contributed by atoms with van der Waals surface area (Å²) in [7, 11) is 1.63. The second-order valence-corrected chi connectivity index (χ2v) is 7.22. The molecule has 0 bridgehead atoms. The van der Waals surface area contributed by atoms with E-state index in [2.05, 4.69) is 21.4 Å². The van der Waals surface area contributed by atoms with Crippen LogP contribution in [0.1, 0.15) is 18.1 Å². The SMILES string of the molecule is COc1ccc(CNC(=O)C(C)Sc2nc3ccc(C)cc3[nH]2)cc1. The summed E-state index contributed by atoms with van der Waals surface area (Å²) in [5.74, 6) is 0.788. The van der Waals surface area contributed by atoms with Crippen molar-refractivity contribution in [1.29, 1.82) is 0 Å². The first-order chi connectivity index (χ1) is 12.0. The van der Waals surface area contributed by atoms with Crippen LogP contribution in [-0.2, 0) is 11.3 Å². The lowest BCUT2D eigenvalue weighted by Crippen LogP contribution is -2.30. The molecule has 0 radical (unpaired) electrons. The van der Waals surface area contributed by atoms with E-state index in [0.717, 1.165) is 27.5 Å². The highest BCUT2D eigenvalue weighted by Crippen LogP contribution is 2.24. The van der Waals surface area contributed by atoms with Crippen LogP contribution in [0.3, 0.4) is 0 Å². The second-order valence-electron chi connectivity index (χ2n) is 5.89. The van der Waals surface area contributed by atoms with Crippen LogP contribution >= 0.6 is 11.8 Å². The zero-order valence-electron chi connectivity index (χ0n) is 14.5. The number of aromatic nitrogens is 2. The van der Waals surface area contributed by atoms with Gasteiger partial charge in [0.05, 0.1) is 23.4 Å². The highest BCUT2D eigenvalue weighted by atomic mass is 32.2. The number of aryl methyl sites for hydroxylation is 1. The van der Waals surface area contributed by atoms with Crippen molar-refractivity contribution in [2.45, 2.75) is 30.8 Å². The van der Waals surface area contributed by atoms with E-state index in [9.17, 15) is 4.79 Å². The fourth-order valence-corrected chi connectivity index (χ4v) is 3.30. The third-order valence-corrected chi connectivity index (χ3v) is 4.88. The van der Waals surface area contributed by atoms with Crippen LogP contribution in [0.25, 0.3) is 11.0 Å². The van der Waals surface area contributed by atoms with Gasteiger partial charge in [0, 0.05) is 6.54 Å². The summed E-state index contributed by atoms with van der Waals surface area (Å²) in [5, 5.41) is 3.48. The number of nitrogens with zero attached hydrogens (tertiary/aromatic N) is 1. The molecule has 0 spiro atoms. The Morgan fingerprint density at radius 3 is 2.76 bits per heavy atom. The average Bonchev–Trinajstić information content (AvgIpc) is 3.01. The van der Waals surface area contributed by atoms with E-state index in [4.69, 9.17) is 4.74 Å². The lowest BCUT2D eigenvalue weighted by Gasteiger charge is -2.11. The normalized spacial score (nSPS) is 12.1. The van der Waals surface area contributed by atoms with Gasteiger partial charge in [-0.2, -0.15) is 0 Å². The maximum Gasteiger partial charge on any atom is 0.233 e. The smallest absolute Gasteiger partial charge is 0.233 e. The van der Waals surface area contributed by atoms with Crippen LogP contribution in [0.5, 0.6) is 5.75 Å². The summed E-state index contributed by atoms with van der Waals surface area (Å²) in [5.41, 5.74) is 4.12. The molecule has 6 heteroatoms. The first-order valence-electron chi connectivity index (χ1n) is 8.09. The molecule has 1 heterocycles. The molecule has 3 rings (SSSR count). The van der Waals surface area contributed by atoms with Gasteiger partial charge in [0.15, 0.2) is 5.16 Å². The Morgan fingerprint density at radius 1 is 1.28 bits per heavy atom. The lowest BCUT2D eigenvalue weighted by molar-refractivity contribution is -0.120. The molecule has 0 aliphatic rings. The molecule has 0 saturated heterocycles. The minimum atomic E-state index is -0.236. The number of methoxy groups -OCH3 is 1. The fourth-order valence-electron chi connectivity index (χ4n) is 2.45. The highest BCUT2D eigenvalue weighted by Gasteiger charge is 2.16. The van der Waals surface area contributed by atoms with E-state index in [0.29, 0.717) is 6.54 Å². The van der Waals surface area contributed by atoms with E-state index in [1.54, 1.807) is 7.11 Å². The van der Waals surface area contributed by atoms with Crippen LogP contribution in [0.2, 0.25) is 0 Å². The van der Waals surface area contributed by atoms with Gasteiger partial charge in [-0.05, 0) is 49.2 Å². The van der Waals surface area contributed by atoms with Crippen molar-refractivity contribution < 1.29 is 9.53 Å². The summed E-state index contributed by atoms with van der Waals surface area (Å²) >= 11 is 1.43. The summed E-state index contributed by atoms with van der Waals surface area (Å²) in [6.45, 7) is 4.42. The Morgan fingerprint density at radius 2 is 2.04 bits per heavy atom. The van der Waals surface area contributed by atoms with Crippen molar-refractivity contribution in [2.75, 3.05) is 7.11 Å². The number of imidazole rings is 1. The van der Waals surface area contributed by atoms with Gasteiger partial charge >= 0.3 is 0 Å². The fraction of sp³-hybridized carbons (Fsp3) is 0.263. The highest BCUT2D eigenvalue weighted by molar-refractivity contribution is 8.00. The quantitative estimate of drug-likeness (QED) is 0.662. The molecule has 1 unspecified atom stereocenters. The number of thioether (sulfide) groups is 1. The van der Waals surface area contributed by atoms with E-state index in [1.807, 2.05) is 50.2 Å². The number of H-pyrrole nitrogens is 1. The molecule has 5 nitrogen and oxygen atoms in total. The number of amides is 1. The second kappa shape index (κ2) is 7.61. The first kappa shape index (κ1) is 17.4. The topological polar surface area (TPSA) is 67.0 Å².